The van der Waals surface area contributed by atoms with Crippen LogP contribution in [0.5, 0.6) is 11.5 Å². The fourth-order valence-electron chi connectivity index (χ4n) is 3.22. The molecule has 1 aliphatic rings. The molecule has 2 N–H and O–H groups in total. The van der Waals surface area contributed by atoms with Crippen LogP contribution in [0.25, 0.3) is 5.57 Å². The van der Waals surface area contributed by atoms with E-state index in [1.165, 1.54) is 14.0 Å². The quantitative estimate of drug-likeness (QED) is 0.633. The Bertz CT molecular complexity index is 1040. The van der Waals surface area contributed by atoms with E-state index in [0.717, 1.165) is 4.90 Å². The Morgan fingerprint density at radius 1 is 0.903 bits per heavy atom. The van der Waals surface area contributed by atoms with Crippen molar-refractivity contribution in [1.29, 1.82) is 0 Å². The second-order valence-electron chi connectivity index (χ2n) is 6.83. The molecule has 0 fully saturated rings. The van der Waals surface area contributed by atoms with Gasteiger partial charge in [0.1, 0.15) is 5.70 Å². The molecule has 1 heterocycles. The lowest BCUT2D eigenvalue weighted by Crippen LogP contribution is -2.27. The number of anilines is 2. The van der Waals surface area contributed by atoms with E-state index in [1.807, 2.05) is 13.8 Å². The number of nitrogens with one attached hydrogen (secondary N) is 2. The molecule has 0 radical (unpaired) electrons. The van der Waals surface area contributed by atoms with Gasteiger partial charge in [0.2, 0.25) is 5.91 Å². The minimum Gasteiger partial charge on any atom is -0.490 e. The third kappa shape index (κ3) is 4.69. The smallest absolute Gasteiger partial charge is 0.277 e. The lowest BCUT2D eigenvalue weighted by atomic mass is 10.0. The van der Waals surface area contributed by atoms with Crippen LogP contribution in [0.1, 0.15) is 26.3 Å². The summed E-state index contributed by atoms with van der Waals surface area (Å²) in [6, 6.07) is 12.0. The Kier molecular flexibility index (Phi) is 6.59. The summed E-state index contributed by atoms with van der Waals surface area (Å²) in [4.78, 5) is 37.8. The predicted molar refractivity (Wildman–Crippen MR) is 118 cm³/mol. The number of rotatable bonds is 8. The molecule has 3 rings (SSSR count). The number of amides is 3. The molecule has 0 aliphatic carbocycles. The second kappa shape index (κ2) is 9.34. The molecule has 3 amide bonds. The first-order valence-corrected chi connectivity index (χ1v) is 9.97. The third-order valence-corrected chi connectivity index (χ3v) is 4.59. The lowest BCUT2D eigenvalue weighted by molar-refractivity contribution is -0.135. The van der Waals surface area contributed by atoms with Crippen LogP contribution in [0.2, 0.25) is 0 Å². The Hall–Kier alpha value is -3.81. The van der Waals surface area contributed by atoms with Gasteiger partial charge in [-0.2, -0.15) is 0 Å². The van der Waals surface area contributed by atoms with Crippen molar-refractivity contribution >= 4 is 34.7 Å². The highest BCUT2D eigenvalue weighted by atomic mass is 16.5. The maximum absolute atomic E-state index is 12.8. The average Bonchev–Trinajstić information content (AvgIpc) is 2.94. The van der Waals surface area contributed by atoms with Gasteiger partial charge in [0.15, 0.2) is 11.5 Å². The molecule has 2 aromatic rings. The van der Waals surface area contributed by atoms with E-state index in [-0.39, 0.29) is 17.2 Å². The molecule has 2 aromatic carbocycles. The first-order valence-electron chi connectivity index (χ1n) is 9.97. The van der Waals surface area contributed by atoms with Crippen LogP contribution >= 0.6 is 0 Å². The van der Waals surface area contributed by atoms with Crippen LogP contribution < -0.4 is 20.1 Å². The molecular formula is C23H25N3O5. The van der Waals surface area contributed by atoms with Gasteiger partial charge in [0.25, 0.3) is 11.8 Å². The minimum absolute atomic E-state index is 0.173. The van der Waals surface area contributed by atoms with Gasteiger partial charge in [-0.15, -0.1) is 0 Å². The Morgan fingerprint density at radius 2 is 1.52 bits per heavy atom. The van der Waals surface area contributed by atoms with Gasteiger partial charge in [-0.05, 0) is 43.7 Å². The fraction of sp³-hybridized carbons (Fsp3) is 0.261. The number of carbonyl (C=O) groups is 3. The van der Waals surface area contributed by atoms with Crippen molar-refractivity contribution in [3.8, 4) is 11.5 Å². The molecular weight excluding hydrogens is 398 g/mol. The van der Waals surface area contributed by atoms with Gasteiger partial charge < -0.3 is 20.1 Å². The van der Waals surface area contributed by atoms with Crippen LogP contribution in [0.4, 0.5) is 11.4 Å². The Labute approximate surface area is 180 Å². The van der Waals surface area contributed by atoms with E-state index < -0.39 is 11.8 Å². The van der Waals surface area contributed by atoms with E-state index >= 15 is 0 Å². The average molecular weight is 423 g/mol. The standard InChI is InChI=1S/C23H25N3O5/c1-5-30-18-12-11-17(13-19(18)31-6-2)25-21-20(22(28)26(4)23(21)29)15-7-9-16(10-8-15)24-14(3)27/h7-13,25H,5-6H2,1-4H3,(H,24,27). The topological polar surface area (TPSA) is 97.0 Å². The first-order chi connectivity index (χ1) is 14.8. The molecule has 0 spiro atoms. The normalized spacial score (nSPS) is 13.5. The zero-order valence-corrected chi connectivity index (χ0v) is 17.9. The maximum atomic E-state index is 12.8. The highest BCUT2D eigenvalue weighted by Gasteiger charge is 2.36. The summed E-state index contributed by atoms with van der Waals surface area (Å²) >= 11 is 0. The van der Waals surface area contributed by atoms with Crippen LogP contribution in [0, 0.1) is 0 Å². The van der Waals surface area contributed by atoms with Gasteiger partial charge in [0, 0.05) is 31.4 Å². The van der Waals surface area contributed by atoms with Crippen molar-refractivity contribution in [3.05, 3.63) is 53.7 Å². The SMILES string of the molecule is CCOc1ccc(NC2=C(c3ccc(NC(C)=O)cc3)C(=O)N(C)C2=O)cc1OCC. The molecule has 8 heteroatoms. The summed E-state index contributed by atoms with van der Waals surface area (Å²) in [7, 11) is 1.44. The van der Waals surface area contributed by atoms with Gasteiger partial charge in [-0.25, -0.2) is 0 Å². The zero-order valence-electron chi connectivity index (χ0n) is 17.9. The van der Waals surface area contributed by atoms with Gasteiger partial charge >= 0.3 is 0 Å². The summed E-state index contributed by atoms with van der Waals surface area (Å²) in [5, 5.41) is 5.75. The predicted octanol–water partition coefficient (Wildman–Crippen LogP) is 3.26. The maximum Gasteiger partial charge on any atom is 0.277 e. The van der Waals surface area contributed by atoms with Crippen LogP contribution in [-0.4, -0.2) is 42.9 Å². The summed E-state index contributed by atoms with van der Waals surface area (Å²) in [6.45, 7) is 6.12. The zero-order chi connectivity index (χ0) is 22.5. The van der Waals surface area contributed by atoms with E-state index in [2.05, 4.69) is 10.6 Å². The fourth-order valence-corrected chi connectivity index (χ4v) is 3.22. The van der Waals surface area contributed by atoms with Crippen molar-refractivity contribution in [3.63, 3.8) is 0 Å². The lowest BCUT2D eigenvalue weighted by Gasteiger charge is -2.14. The number of nitrogens with zero attached hydrogens (tertiary/aromatic N) is 1. The monoisotopic (exact) mass is 423 g/mol. The summed E-state index contributed by atoms with van der Waals surface area (Å²) in [6.07, 6.45) is 0. The number of carbonyl (C=O) groups excluding carboxylic acids is 3. The summed E-state index contributed by atoms with van der Waals surface area (Å²) < 4.78 is 11.2. The highest BCUT2D eigenvalue weighted by molar-refractivity contribution is 6.36. The van der Waals surface area contributed by atoms with Crippen molar-refractivity contribution in [2.45, 2.75) is 20.8 Å². The number of ether oxygens (including phenoxy) is 2. The summed E-state index contributed by atoms with van der Waals surface area (Å²) in [5.41, 5.74) is 2.19. The minimum atomic E-state index is -0.433. The second-order valence-corrected chi connectivity index (χ2v) is 6.83. The van der Waals surface area contributed by atoms with Gasteiger partial charge in [-0.1, -0.05) is 12.1 Å². The van der Waals surface area contributed by atoms with E-state index in [1.54, 1.807) is 42.5 Å². The Balaban J connectivity index is 1.98. The van der Waals surface area contributed by atoms with Crippen molar-refractivity contribution in [2.24, 2.45) is 0 Å². The molecule has 0 atom stereocenters. The molecule has 1 aliphatic heterocycles. The van der Waals surface area contributed by atoms with Crippen molar-refractivity contribution in [2.75, 3.05) is 30.9 Å². The van der Waals surface area contributed by atoms with E-state index in [0.29, 0.717) is 41.7 Å². The molecule has 0 saturated carbocycles. The molecule has 8 nitrogen and oxygen atoms in total. The summed E-state index contributed by atoms with van der Waals surface area (Å²) in [5.74, 6) is 0.111. The molecule has 0 aromatic heterocycles. The molecule has 0 unspecified atom stereocenters. The van der Waals surface area contributed by atoms with Crippen LogP contribution in [0.3, 0.4) is 0 Å². The van der Waals surface area contributed by atoms with Gasteiger partial charge in [0.05, 0.1) is 18.8 Å². The molecule has 162 valence electrons. The van der Waals surface area contributed by atoms with Crippen molar-refractivity contribution in [1.82, 2.24) is 4.90 Å². The highest BCUT2D eigenvalue weighted by Crippen LogP contribution is 2.34. The van der Waals surface area contributed by atoms with E-state index in [4.69, 9.17) is 9.47 Å². The third-order valence-electron chi connectivity index (χ3n) is 4.59. The Morgan fingerprint density at radius 3 is 2.13 bits per heavy atom. The molecule has 31 heavy (non-hydrogen) atoms. The van der Waals surface area contributed by atoms with Gasteiger partial charge in [-0.3, -0.25) is 19.3 Å². The molecule has 0 saturated heterocycles. The molecule has 0 bridgehead atoms. The number of hydrogen-bond acceptors (Lipinski definition) is 6. The van der Waals surface area contributed by atoms with Crippen LogP contribution in [-0.2, 0) is 14.4 Å². The number of imide groups is 1. The first kappa shape index (κ1) is 21.9. The number of benzene rings is 2. The largest absolute Gasteiger partial charge is 0.490 e. The van der Waals surface area contributed by atoms with E-state index in [9.17, 15) is 14.4 Å². The number of likely N-dealkylation sites (N-methyl/N-ethyl adjacent to an activating group) is 1. The van der Waals surface area contributed by atoms with Crippen LogP contribution in [0.15, 0.2) is 48.2 Å². The van der Waals surface area contributed by atoms with Crippen molar-refractivity contribution < 1.29 is 23.9 Å². The number of hydrogen-bond donors (Lipinski definition) is 2.